The van der Waals surface area contributed by atoms with Crippen LogP contribution < -0.4 is 10.0 Å². The highest BCUT2D eigenvalue weighted by Gasteiger charge is 2.33. The number of rotatable bonds is 9. The molecule has 3 heteroatoms. The lowest BCUT2D eigenvalue weighted by molar-refractivity contribution is 0.297. The molecule has 0 N–H and O–H groups in total. The third-order valence-electron chi connectivity index (χ3n) is 7.78. The van der Waals surface area contributed by atoms with Crippen molar-refractivity contribution in [2.45, 2.75) is 79.0 Å². The second kappa shape index (κ2) is 12.5. The molecule has 0 saturated heterocycles. The molecule has 0 aliphatic rings. The van der Waals surface area contributed by atoms with Crippen molar-refractivity contribution in [1.29, 1.82) is 0 Å². The summed E-state index contributed by atoms with van der Waals surface area (Å²) in [6.45, 7) is 18.8. The first-order chi connectivity index (χ1) is 19.0. The van der Waals surface area contributed by atoms with Gasteiger partial charge in [-0.3, -0.25) is 4.99 Å². The molecule has 0 radical (unpaired) electrons. The van der Waals surface area contributed by atoms with Crippen LogP contribution in [0.2, 0.25) is 0 Å². The third-order valence-corrected chi connectivity index (χ3v) is 9.87. The summed E-state index contributed by atoms with van der Waals surface area (Å²) in [5.41, 5.74) is 9.67. The molecule has 208 valence electrons. The Labute approximate surface area is 243 Å². The Morgan fingerprint density at radius 3 is 2.08 bits per heavy atom. The van der Waals surface area contributed by atoms with Crippen LogP contribution in [0, 0.1) is 13.8 Å². The first kappa shape index (κ1) is 29.8. The van der Waals surface area contributed by atoms with Gasteiger partial charge in [0.15, 0.2) is 0 Å². The van der Waals surface area contributed by atoms with Crippen molar-refractivity contribution in [1.82, 2.24) is 0 Å². The third kappa shape index (κ3) is 6.91. The first-order valence-electron chi connectivity index (χ1n) is 14.3. The molecule has 2 atom stereocenters. The summed E-state index contributed by atoms with van der Waals surface area (Å²) >= 11 is 0. The maximum Gasteiger partial charge on any atom is 0.126 e. The van der Waals surface area contributed by atoms with Gasteiger partial charge in [-0.25, -0.2) is 0 Å². The molecule has 0 aliphatic carbocycles. The quantitative estimate of drug-likeness (QED) is 0.150. The number of hydrogen-bond acceptors (Lipinski definition) is 2. The van der Waals surface area contributed by atoms with Crippen LogP contribution in [0.1, 0.15) is 81.3 Å². The van der Waals surface area contributed by atoms with Crippen molar-refractivity contribution in [3.63, 3.8) is 0 Å². The van der Waals surface area contributed by atoms with Crippen LogP contribution in [0.15, 0.2) is 96.0 Å². The average molecular weight is 550 g/mol. The van der Waals surface area contributed by atoms with E-state index >= 15 is 0 Å². The van der Waals surface area contributed by atoms with Gasteiger partial charge in [0, 0.05) is 22.0 Å². The van der Waals surface area contributed by atoms with Gasteiger partial charge in [-0.15, -0.1) is 0 Å². The largest absolute Gasteiger partial charge is 0.488 e. The molecule has 4 aromatic carbocycles. The normalized spacial score (nSPS) is 13.9. The summed E-state index contributed by atoms with van der Waals surface area (Å²) < 4.78 is 6.68. The Balaban J connectivity index is 1.82. The van der Waals surface area contributed by atoms with Crippen LogP contribution >= 0.6 is 8.58 Å². The Hall–Kier alpha value is -3.22. The standard InChI is InChI=1S/C37H44NOP/c1-9-37(8,40-35-26(2)17-16-22-32(35)28(4)38-31-20-14-11-15-21-31)33-24-30(36(5,6)7)23-27(3)34(33)39-25-29-18-12-10-13-19-29/h10-24,40H,9,25H2,1-8H3. The monoisotopic (exact) mass is 549 g/mol. The lowest BCUT2D eigenvalue weighted by atomic mass is 9.82. The topological polar surface area (TPSA) is 21.6 Å². The maximum atomic E-state index is 6.68. The summed E-state index contributed by atoms with van der Waals surface area (Å²) in [5.74, 6) is 1.03. The number of aliphatic imine (C=N–C) groups is 1. The van der Waals surface area contributed by atoms with Gasteiger partial charge >= 0.3 is 0 Å². The van der Waals surface area contributed by atoms with Gasteiger partial charge in [-0.1, -0.05) is 122 Å². The number of para-hydroxylation sites is 1. The predicted octanol–water partition coefficient (Wildman–Crippen LogP) is 9.95. The predicted molar refractivity (Wildman–Crippen MR) is 176 cm³/mol. The second-order valence-corrected chi connectivity index (χ2v) is 13.9. The van der Waals surface area contributed by atoms with Crippen molar-refractivity contribution >= 4 is 25.3 Å². The fourth-order valence-electron chi connectivity index (χ4n) is 5.05. The summed E-state index contributed by atoms with van der Waals surface area (Å²) in [6, 6.07) is 32.1. The van der Waals surface area contributed by atoms with Crippen LogP contribution in [-0.2, 0) is 17.2 Å². The van der Waals surface area contributed by atoms with Gasteiger partial charge in [0.05, 0.1) is 5.69 Å². The van der Waals surface area contributed by atoms with Gasteiger partial charge in [-0.05, 0) is 72.3 Å². The molecule has 2 unspecified atom stereocenters. The zero-order valence-corrected chi connectivity index (χ0v) is 26.4. The lowest BCUT2D eigenvalue weighted by Gasteiger charge is -2.35. The maximum absolute atomic E-state index is 6.68. The van der Waals surface area contributed by atoms with Crippen LogP contribution in [0.4, 0.5) is 5.69 Å². The van der Waals surface area contributed by atoms with Gasteiger partial charge < -0.3 is 4.74 Å². The molecule has 4 aromatic rings. The molecule has 0 amide bonds. The molecule has 0 aliphatic heterocycles. The number of ether oxygens (including phenoxy) is 1. The van der Waals surface area contributed by atoms with Crippen LogP contribution in [0.3, 0.4) is 0 Å². The summed E-state index contributed by atoms with van der Waals surface area (Å²) in [6.07, 6.45) is 1.00. The van der Waals surface area contributed by atoms with E-state index in [0.717, 1.165) is 23.6 Å². The fourth-order valence-corrected chi connectivity index (χ4v) is 6.78. The van der Waals surface area contributed by atoms with E-state index < -0.39 is 0 Å². The van der Waals surface area contributed by atoms with Gasteiger partial charge in [0.1, 0.15) is 12.4 Å². The first-order valence-corrected chi connectivity index (χ1v) is 15.3. The van der Waals surface area contributed by atoms with E-state index in [1.165, 1.54) is 38.7 Å². The molecular formula is C37H44NOP. The molecule has 4 rings (SSSR count). The van der Waals surface area contributed by atoms with Crippen LogP contribution in [0.5, 0.6) is 5.75 Å². The molecule has 0 bridgehead atoms. The lowest BCUT2D eigenvalue weighted by Crippen LogP contribution is -2.25. The molecule has 0 spiro atoms. The molecule has 0 saturated carbocycles. The minimum atomic E-state index is -0.105. The fraction of sp³-hybridized carbons (Fsp3) is 0.324. The number of benzene rings is 4. The second-order valence-electron chi connectivity index (χ2n) is 12.0. The number of nitrogens with zero attached hydrogens (tertiary/aromatic N) is 1. The Kier molecular flexibility index (Phi) is 9.32. The van der Waals surface area contributed by atoms with Crippen molar-refractivity contribution < 1.29 is 4.74 Å². The average Bonchev–Trinajstić information content (AvgIpc) is 2.93. The van der Waals surface area contributed by atoms with Crippen molar-refractivity contribution in [2.24, 2.45) is 4.99 Å². The summed E-state index contributed by atoms with van der Waals surface area (Å²) in [5, 5.41) is 1.28. The minimum absolute atomic E-state index is 0.0436. The molecule has 0 aromatic heterocycles. The zero-order chi connectivity index (χ0) is 28.9. The van der Waals surface area contributed by atoms with E-state index in [2.05, 4.69) is 128 Å². The minimum Gasteiger partial charge on any atom is -0.488 e. The SMILES string of the molecule is CCC(C)(Pc1c(C)cccc1C(C)=Nc1ccccc1)c1cc(C(C)(C)C)cc(C)c1OCc1ccccc1. The molecular weight excluding hydrogens is 505 g/mol. The van der Waals surface area contributed by atoms with Crippen LogP contribution in [0.25, 0.3) is 0 Å². The van der Waals surface area contributed by atoms with Gasteiger partial charge in [0.2, 0.25) is 0 Å². The number of aryl methyl sites for hydroxylation is 2. The van der Waals surface area contributed by atoms with E-state index in [1.54, 1.807) is 0 Å². The smallest absolute Gasteiger partial charge is 0.126 e. The van der Waals surface area contributed by atoms with E-state index in [0.29, 0.717) is 15.2 Å². The Bertz CT molecular complexity index is 1470. The highest BCUT2D eigenvalue weighted by molar-refractivity contribution is 7.49. The van der Waals surface area contributed by atoms with Crippen molar-refractivity contribution in [3.05, 3.63) is 124 Å². The highest BCUT2D eigenvalue weighted by Crippen LogP contribution is 2.50. The van der Waals surface area contributed by atoms with E-state index in [4.69, 9.17) is 9.73 Å². The summed E-state index contributed by atoms with van der Waals surface area (Å²) in [7, 11) is 0.560. The molecule has 2 nitrogen and oxygen atoms in total. The molecule has 0 fully saturated rings. The van der Waals surface area contributed by atoms with Crippen molar-refractivity contribution in [3.8, 4) is 5.75 Å². The van der Waals surface area contributed by atoms with Crippen molar-refractivity contribution in [2.75, 3.05) is 0 Å². The Morgan fingerprint density at radius 2 is 1.45 bits per heavy atom. The highest BCUT2D eigenvalue weighted by atomic mass is 31.1. The van der Waals surface area contributed by atoms with Gasteiger partial charge in [-0.2, -0.15) is 0 Å². The Morgan fingerprint density at radius 1 is 0.800 bits per heavy atom. The van der Waals surface area contributed by atoms with E-state index in [9.17, 15) is 0 Å². The number of hydrogen-bond donors (Lipinski definition) is 0. The molecule has 0 heterocycles. The van der Waals surface area contributed by atoms with E-state index in [-0.39, 0.29) is 10.6 Å². The molecule has 40 heavy (non-hydrogen) atoms. The summed E-state index contributed by atoms with van der Waals surface area (Å²) in [4.78, 5) is 5.00. The zero-order valence-electron chi connectivity index (χ0n) is 25.4. The van der Waals surface area contributed by atoms with Gasteiger partial charge in [0.25, 0.3) is 0 Å². The van der Waals surface area contributed by atoms with E-state index in [1.807, 2.05) is 18.2 Å². The van der Waals surface area contributed by atoms with Crippen LogP contribution in [-0.4, -0.2) is 5.71 Å².